The summed E-state index contributed by atoms with van der Waals surface area (Å²) in [7, 11) is 0. The van der Waals surface area contributed by atoms with Crippen LogP contribution in [0.15, 0.2) is 12.1 Å². The Morgan fingerprint density at radius 3 is 2.75 bits per heavy atom. The standard InChI is InChI=1S/C8H5FINO/c9-8-6(3-11)1-5(4-12)2-7(8)10/h1-2,12H,4H2. The van der Waals surface area contributed by atoms with Gasteiger partial charge in [0, 0.05) is 0 Å². The molecule has 0 aliphatic heterocycles. The first-order chi connectivity index (χ1) is 5.69. The summed E-state index contributed by atoms with van der Waals surface area (Å²) >= 11 is 1.79. The van der Waals surface area contributed by atoms with E-state index in [9.17, 15) is 4.39 Å². The Kier molecular flexibility index (Phi) is 3.00. The summed E-state index contributed by atoms with van der Waals surface area (Å²) in [4.78, 5) is 0. The topological polar surface area (TPSA) is 44.0 Å². The minimum absolute atomic E-state index is 0.0223. The summed E-state index contributed by atoms with van der Waals surface area (Å²) in [5.41, 5.74) is 0.531. The second kappa shape index (κ2) is 3.83. The van der Waals surface area contributed by atoms with Crippen molar-refractivity contribution in [2.24, 2.45) is 0 Å². The second-order valence-electron chi connectivity index (χ2n) is 2.21. The van der Waals surface area contributed by atoms with Crippen LogP contribution >= 0.6 is 22.6 Å². The zero-order valence-electron chi connectivity index (χ0n) is 6.01. The molecule has 0 radical (unpaired) electrons. The molecule has 1 N–H and O–H groups in total. The van der Waals surface area contributed by atoms with E-state index in [0.717, 1.165) is 0 Å². The van der Waals surface area contributed by atoms with E-state index < -0.39 is 5.82 Å². The van der Waals surface area contributed by atoms with Crippen molar-refractivity contribution in [2.45, 2.75) is 6.61 Å². The first-order valence-corrected chi connectivity index (χ1v) is 4.25. The molecule has 1 aromatic carbocycles. The molecule has 12 heavy (non-hydrogen) atoms. The van der Waals surface area contributed by atoms with Gasteiger partial charge in [0.05, 0.1) is 15.7 Å². The normalized spacial score (nSPS) is 9.50. The van der Waals surface area contributed by atoms with Crippen molar-refractivity contribution in [3.8, 4) is 6.07 Å². The lowest BCUT2D eigenvalue weighted by atomic mass is 10.1. The second-order valence-corrected chi connectivity index (χ2v) is 3.37. The summed E-state index contributed by atoms with van der Waals surface area (Å²) in [6.45, 7) is -0.176. The van der Waals surface area contributed by atoms with Gasteiger partial charge in [0.2, 0.25) is 0 Å². The van der Waals surface area contributed by atoms with E-state index in [0.29, 0.717) is 9.13 Å². The van der Waals surface area contributed by atoms with Crippen LogP contribution in [0.25, 0.3) is 0 Å². The van der Waals surface area contributed by atoms with Gasteiger partial charge < -0.3 is 5.11 Å². The van der Waals surface area contributed by atoms with E-state index in [1.807, 2.05) is 0 Å². The Bertz CT molecular complexity index is 346. The third-order valence-corrected chi connectivity index (χ3v) is 2.18. The average molecular weight is 277 g/mol. The van der Waals surface area contributed by atoms with Crippen molar-refractivity contribution in [2.75, 3.05) is 0 Å². The van der Waals surface area contributed by atoms with Gasteiger partial charge in [0.15, 0.2) is 5.82 Å². The highest BCUT2D eigenvalue weighted by Crippen LogP contribution is 2.17. The molecule has 0 aliphatic carbocycles. The van der Waals surface area contributed by atoms with Gasteiger partial charge in [-0.25, -0.2) is 4.39 Å². The smallest absolute Gasteiger partial charge is 0.154 e. The molecule has 0 atom stereocenters. The summed E-state index contributed by atoms with van der Waals surface area (Å²) in [5, 5.41) is 17.2. The van der Waals surface area contributed by atoms with Gasteiger partial charge in [0.25, 0.3) is 0 Å². The van der Waals surface area contributed by atoms with Crippen LogP contribution in [0.4, 0.5) is 4.39 Å². The third kappa shape index (κ3) is 1.73. The molecule has 0 bridgehead atoms. The Hall–Kier alpha value is -0.670. The molecule has 0 saturated carbocycles. The van der Waals surface area contributed by atoms with Crippen molar-refractivity contribution < 1.29 is 9.50 Å². The fourth-order valence-electron chi connectivity index (χ4n) is 0.818. The van der Waals surface area contributed by atoms with E-state index >= 15 is 0 Å². The van der Waals surface area contributed by atoms with E-state index in [-0.39, 0.29) is 12.2 Å². The largest absolute Gasteiger partial charge is 0.392 e. The zero-order valence-corrected chi connectivity index (χ0v) is 8.17. The van der Waals surface area contributed by atoms with E-state index in [1.165, 1.54) is 12.1 Å². The summed E-state index contributed by atoms with van der Waals surface area (Å²) in [5.74, 6) is -0.518. The van der Waals surface area contributed by atoms with E-state index in [4.69, 9.17) is 10.4 Å². The predicted molar refractivity (Wildman–Crippen MR) is 49.8 cm³/mol. The number of nitrogens with zero attached hydrogens (tertiary/aromatic N) is 1. The fraction of sp³-hybridized carbons (Fsp3) is 0.125. The lowest BCUT2D eigenvalue weighted by Gasteiger charge is -2.00. The van der Waals surface area contributed by atoms with Crippen molar-refractivity contribution >= 4 is 22.6 Å². The molecule has 2 nitrogen and oxygen atoms in total. The Labute approximate surface area is 82.8 Å². The lowest BCUT2D eigenvalue weighted by molar-refractivity contribution is 0.281. The van der Waals surface area contributed by atoms with Gasteiger partial charge in [-0.05, 0) is 40.3 Å². The quantitative estimate of drug-likeness (QED) is 0.795. The molecular formula is C8H5FINO. The Morgan fingerprint density at radius 2 is 2.25 bits per heavy atom. The van der Waals surface area contributed by atoms with Crippen LogP contribution < -0.4 is 0 Å². The molecule has 0 spiro atoms. The van der Waals surface area contributed by atoms with E-state index in [2.05, 4.69) is 0 Å². The predicted octanol–water partition coefficient (Wildman–Crippen LogP) is 1.79. The number of hydrogen-bond donors (Lipinski definition) is 1. The first kappa shape index (κ1) is 9.42. The maximum absolute atomic E-state index is 13.0. The minimum atomic E-state index is -0.518. The van der Waals surface area contributed by atoms with Crippen LogP contribution in [0, 0.1) is 20.7 Å². The SMILES string of the molecule is N#Cc1cc(CO)cc(I)c1F. The summed E-state index contributed by atoms with van der Waals surface area (Å²) in [6, 6.07) is 4.58. The van der Waals surface area contributed by atoms with Crippen LogP contribution in [0.2, 0.25) is 0 Å². The zero-order chi connectivity index (χ0) is 9.14. The average Bonchev–Trinajstić information content (AvgIpc) is 2.09. The number of rotatable bonds is 1. The van der Waals surface area contributed by atoms with Crippen LogP contribution in [-0.2, 0) is 6.61 Å². The molecule has 0 aromatic heterocycles. The molecule has 1 aromatic rings. The highest BCUT2D eigenvalue weighted by Gasteiger charge is 2.07. The van der Waals surface area contributed by atoms with Crippen molar-refractivity contribution in [1.82, 2.24) is 0 Å². The Morgan fingerprint density at radius 1 is 1.58 bits per heavy atom. The summed E-state index contributed by atoms with van der Waals surface area (Å²) in [6.07, 6.45) is 0. The molecule has 0 aliphatic rings. The highest BCUT2D eigenvalue weighted by atomic mass is 127. The first-order valence-electron chi connectivity index (χ1n) is 3.18. The van der Waals surface area contributed by atoms with Crippen LogP contribution in [0.5, 0.6) is 0 Å². The highest BCUT2D eigenvalue weighted by molar-refractivity contribution is 14.1. The number of aliphatic hydroxyl groups is 1. The van der Waals surface area contributed by atoms with Crippen molar-refractivity contribution in [3.63, 3.8) is 0 Å². The van der Waals surface area contributed by atoms with Crippen LogP contribution in [0.3, 0.4) is 0 Å². The van der Waals surface area contributed by atoms with Gasteiger partial charge in [-0.3, -0.25) is 0 Å². The third-order valence-electron chi connectivity index (χ3n) is 1.39. The number of halogens is 2. The van der Waals surface area contributed by atoms with E-state index in [1.54, 1.807) is 28.7 Å². The number of benzene rings is 1. The Balaban J connectivity index is 3.31. The van der Waals surface area contributed by atoms with Crippen LogP contribution in [0.1, 0.15) is 11.1 Å². The van der Waals surface area contributed by atoms with Crippen molar-refractivity contribution in [1.29, 1.82) is 5.26 Å². The maximum atomic E-state index is 13.0. The number of nitriles is 1. The van der Waals surface area contributed by atoms with Gasteiger partial charge in [-0.1, -0.05) is 0 Å². The maximum Gasteiger partial charge on any atom is 0.154 e. The van der Waals surface area contributed by atoms with Crippen molar-refractivity contribution in [3.05, 3.63) is 32.6 Å². The molecule has 0 saturated heterocycles. The molecule has 0 amide bonds. The summed E-state index contributed by atoms with van der Waals surface area (Å²) < 4.78 is 13.4. The molecule has 0 heterocycles. The van der Waals surface area contributed by atoms with Gasteiger partial charge in [-0.15, -0.1) is 0 Å². The monoisotopic (exact) mass is 277 g/mol. The van der Waals surface area contributed by atoms with Gasteiger partial charge in [-0.2, -0.15) is 5.26 Å². The minimum Gasteiger partial charge on any atom is -0.392 e. The lowest BCUT2D eigenvalue weighted by Crippen LogP contribution is -1.93. The number of aliphatic hydroxyl groups excluding tert-OH is 1. The van der Waals surface area contributed by atoms with Gasteiger partial charge in [0.1, 0.15) is 6.07 Å². The molecule has 0 fully saturated rings. The molecular weight excluding hydrogens is 272 g/mol. The van der Waals surface area contributed by atoms with Crippen LogP contribution in [-0.4, -0.2) is 5.11 Å². The molecule has 4 heteroatoms. The fourth-order valence-corrected chi connectivity index (χ4v) is 1.51. The van der Waals surface area contributed by atoms with Gasteiger partial charge >= 0.3 is 0 Å². The number of hydrogen-bond acceptors (Lipinski definition) is 2. The molecule has 1 rings (SSSR count). The molecule has 0 unspecified atom stereocenters. The molecule has 62 valence electrons.